The standard InChI is InChI=1S/C25H27F3N2O7/c1-24(2,3)10-5-11-36-18-12-20(37-19(18)14-31)29-13-17(25(26,27)28)22(33)30(23(29)34)21(32)15-6-8-16(35-4)9-7-15/h6-9,13,18-20,31H,11-12,14H2,1-4H3/t18-,19+,20+/m0/s1. The third kappa shape index (κ3) is 6.49. The number of benzene rings is 1. The molecule has 3 rings (SSSR count). The Kier molecular flexibility index (Phi) is 8.32. The van der Waals surface area contributed by atoms with Crippen LogP contribution in [0.1, 0.15) is 49.3 Å². The van der Waals surface area contributed by atoms with Gasteiger partial charge in [-0.15, -0.1) is 0 Å². The van der Waals surface area contributed by atoms with Crippen LogP contribution in [0.5, 0.6) is 5.75 Å². The smallest absolute Gasteiger partial charge is 0.423 e. The quantitative estimate of drug-likeness (QED) is 0.579. The third-order valence-electron chi connectivity index (χ3n) is 5.46. The maximum atomic E-state index is 13.7. The molecular formula is C25H27F3N2O7. The van der Waals surface area contributed by atoms with Crippen molar-refractivity contribution < 1.29 is 37.3 Å². The molecule has 1 aliphatic heterocycles. The van der Waals surface area contributed by atoms with Gasteiger partial charge in [0.2, 0.25) is 0 Å². The van der Waals surface area contributed by atoms with E-state index in [4.69, 9.17) is 14.2 Å². The number of hydrogen-bond acceptors (Lipinski definition) is 7. The second kappa shape index (κ2) is 10.9. The van der Waals surface area contributed by atoms with Crippen LogP contribution in [0.2, 0.25) is 0 Å². The van der Waals surface area contributed by atoms with E-state index in [-0.39, 0.29) is 28.6 Å². The summed E-state index contributed by atoms with van der Waals surface area (Å²) in [6.45, 7) is 5.12. The van der Waals surface area contributed by atoms with Crippen LogP contribution in [0.3, 0.4) is 0 Å². The topological polar surface area (TPSA) is 109 Å². The SMILES string of the molecule is COc1ccc(C(=O)n2c(=O)c(C(F)(F)F)cn([C@H]3C[C@H](OCC#CC(C)(C)C)[C@@H](CO)O3)c2=O)cc1. The highest BCUT2D eigenvalue weighted by atomic mass is 19.4. The van der Waals surface area contributed by atoms with E-state index in [1.807, 2.05) is 20.8 Å². The van der Waals surface area contributed by atoms with E-state index in [2.05, 4.69) is 11.8 Å². The van der Waals surface area contributed by atoms with Gasteiger partial charge in [0.1, 0.15) is 30.3 Å². The maximum absolute atomic E-state index is 13.7. The third-order valence-corrected chi connectivity index (χ3v) is 5.46. The Morgan fingerprint density at radius 3 is 2.38 bits per heavy atom. The van der Waals surface area contributed by atoms with E-state index < -0.39 is 53.9 Å². The predicted octanol–water partition coefficient (Wildman–Crippen LogP) is 2.44. The first kappa shape index (κ1) is 28.2. The summed E-state index contributed by atoms with van der Waals surface area (Å²) in [6.07, 6.45) is -8.09. The van der Waals surface area contributed by atoms with Crippen LogP contribution in [0.15, 0.2) is 40.1 Å². The van der Waals surface area contributed by atoms with Crippen LogP contribution in [0, 0.1) is 17.3 Å². The van der Waals surface area contributed by atoms with Crippen molar-refractivity contribution in [2.75, 3.05) is 20.3 Å². The Balaban J connectivity index is 2.02. The molecule has 1 fully saturated rings. The molecule has 0 aliphatic carbocycles. The summed E-state index contributed by atoms with van der Waals surface area (Å²) in [5, 5.41) is 9.69. The number of methoxy groups -OCH3 is 1. The second-order valence-corrected chi connectivity index (χ2v) is 9.35. The van der Waals surface area contributed by atoms with Crippen molar-refractivity contribution in [3.8, 4) is 17.6 Å². The fourth-order valence-electron chi connectivity index (χ4n) is 3.68. The summed E-state index contributed by atoms with van der Waals surface area (Å²) in [7, 11) is 1.38. The van der Waals surface area contributed by atoms with Gasteiger partial charge in [0, 0.05) is 23.6 Å². The lowest BCUT2D eigenvalue weighted by molar-refractivity contribution is -0.139. The Morgan fingerprint density at radius 1 is 1.19 bits per heavy atom. The van der Waals surface area contributed by atoms with Gasteiger partial charge in [0.05, 0.1) is 19.8 Å². The zero-order valence-corrected chi connectivity index (χ0v) is 20.7. The van der Waals surface area contributed by atoms with Crippen LogP contribution >= 0.6 is 0 Å². The van der Waals surface area contributed by atoms with Gasteiger partial charge < -0.3 is 19.3 Å². The van der Waals surface area contributed by atoms with Gasteiger partial charge in [0.25, 0.3) is 11.5 Å². The lowest BCUT2D eigenvalue weighted by atomic mass is 9.98. The lowest BCUT2D eigenvalue weighted by Gasteiger charge is -2.18. The van der Waals surface area contributed by atoms with Gasteiger partial charge in [-0.2, -0.15) is 17.7 Å². The lowest BCUT2D eigenvalue weighted by Crippen LogP contribution is -2.47. The molecule has 12 heteroatoms. The second-order valence-electron chi connectivity index (χ2n) is 9.35. The van der Waals surface area contributed by atoms with Crippen molar-refractivity contribution >= 4 is 5.91 Å². The zero-order chi connectivity index (χ0) is 27.5. The van der Waals surface area contributed by atoms with E-state index >= 15 is 0 Å². The van der Waals surface area contributed by atoms with Gasteiger partial charge in [0.15, 0.2) is 0 Å². The highest BCUT2D eigenvalue weighted by Gasteiger charge is 2.41. The minimum atomic E-state index is -5.16. The summed E-state index contributed by atoms with van der Waals surface area (Å²) in [6, 6.07) is 5.16. The van der Waals surface area contributed by atoms with Crippen molar-refractivity contribution in [2.24, 2.45) is 5.41 Å². The Hall–Kier alpha value is -3.40. The van der Waals surface area contributed by atoms with Gasteiger partial charge >= 0.3 is 11.9 Å². The molecule has 0 amide bonds. The summed E-state index contributed by atoms with van der Waals surface area (Å²) in [4.78, 5) is 38.8. The molecule has 0 saturated carbocycles. The first-order valence-electron chi connectivity index (χ1n) is 11.3. The van der Waals surface area contributed by atoms with Crippen LogP contribution in [0.4, 0.5) is 13.2 Å². The highest BCUT2D eigenvalue weighted by molar-refractivity contribution is 5.95. The number of aliphatic hydroxyl groups excluding tert-OH is 1. The first-order chi connectivity index (χ1) is 17.3. The number of halogens is 3. The fourth-order valence-corrected chi connectivity index (χ4v) is 3.68. The number of hydrogen-bond donors (Lipinski definition) is 1. The number of alkyl halides is 3. The van der Waals surface area contributed by atoms with E-state index in [9.17, 15) is 32.7 Å². The fraction of sp³-hybridized carbons (Fsp3) is 0.480. The first-order valence-corrected chi connectivity index (χ1v) is 11.3. The molecule has 1 aromatic carbocycles. The molecule has 3 atom stereocenters. The van der Waals surface area contributed by atoms with Crippen LogP contribution < -0.4 is 16.0 Å². The Labute approximate surface area is 210 Å². The number of nitrogens with zero attached hydrogens (tertiary/aromatic N) is 2. The monoisotopic (exact) mass is 524 g/mol. The number of aromatic nitrogens is 2. The average molecular weight is 524 g/mol. The summed E-state index contributed by atoms with van der Waals surface area (Å²) in [5.41, 5.74) is -5.34. The Morgan fingerprint density at radius 2 is 1.84 bits per heavy atom. The molecule has 9 nitrogen and oxygen atoms in total. The summed E-state index contributed by atoms with van der Waals surface area (Å²) >= 11 is 0. The van der Waals surface area contributed by atoms with Crippen molar-refractivity contribution in [2.45, 2.75) is 51.8 Å². The molecule has 200 valence electrons. The number of ether oxygens (including phenoxy) is 3. The van der Waals surface area contributed by atoms with Gasteiger partial charge in [-0.1, -0.05) is 11.8 Å². The molecule has 0 unspecified atom stereocenters. The molecule has 1 aliphatic rings. The van der Waals surface area contributed by atoms with E-state index in [0.717, 1.165) is 0 Å². The Bertz CT molecular complexity index is 1310. The largest absolute Gasteiger partial charge is 0.497 e. The number of carbonyl (C=O) groups is 1. The van der Waals surface area contributed by atoms with Crippen LogP contribution in [-0.4, -0.2) is 52.7 Å². The van der Waals surface area contributed by atoms with Gasteiger partial charge in [-0.25, -0.2) is 4.79 Å². The van der Waals surface area contributed by atoms with Crippen molar-refractivity contribution in [1.82, 2.24) is 9.13 Å². The van der Waals surface area contributed by atoms with E-state index in [0.29, 0.717) is 16.5 Å². The number of rotatable bonds is 6. The van der Waals surface area contributed by atoms with Gasteiger partial charge in [-0.3, -0.25) is 14.2 Å². The van der Waals surface area contributed by atoms with E-state index in [1.165, 1.54) is 31.4 Å². The minimum Gasteiger partial charge on any atom is -0.497 e. The highest BCUT2D eigenvalue weighted by Crippen LogP contribution is 2.32. The van der Waals surface area contributed by atoms with Crippen molar-refractivity contribution in [3.05, 3.63) is 62.4 Å². The average Bonchev–Trinajstić information content (AvgIpc) is 3.23. The predicted molar refractivity (Wildman–Crippen MR) is 125 cm³/mol. The molecular weight excluding hydrogens is 497 g/mol. The summed E-state index contributed by atoms with van der Waals surface area (Å²) < 4.78 is 57.9. The van der Waals surface area contributed by atoms with Crippen LogP contribution in [-0.2, 0) is 15.7 Å². The normalized spacial score (nSPS) is 19.8. The maximum Gasteiger partial charge on any atom is 0.423 e. The zero-order valence-electron chi connectivity index (χ0n) is 20.7. The molecule has 2 aromatic rings. The minimum absolute atomic E-state index is 0.0350. The summed E-state index contributed by atoms with van der Waals surface area (Å²) in [5.74, 6) is 4.89. The van der Waals surface area contributed by atoms with Crippen LogP contribution in [0.25, 0.3) is 0 Å². The molecule has 2 heterocycles. The van der Waals surface area contributed by atoms with Crippen molar-refractivity contribution in [3.63, 3.8) is 0 Å². The molecule has 0 bridgehead atoms. The van der Waals surface area contributed by atoms with E-state index in [1.54, 1.807) is 0 Å². The van der Waals surface area contributed by atoms with Gasteiger partial charge in [-0.05, 0) is 45.0 Å². The molecule has 0 radical (unpaired) electrons. The molecule has 1 N–H and O–H groups in total. The molecule has 1 aromatic heterocycles. The molecule has 1 saturated heterocycles. The molecule has 37 heavy (non-hydrogen) atoms. The van der Waals surface area contributed by atoms with Crippen molar-refractivity contribution in [1.29, 1.82) is 0 Å². The molecule has 0 spiro atoms. The number of carbonyl (C=O) groups excluding carboxylic acids is 1. The number of aliphatic hydroxyl groups is 1.